The predicted octanol–water partition coefficient (Wildman–Crippen LogP) is 1.30. The van der Waals surface area contributed by atoms with E-state index in [1.807, 2.05) is 0 Å². The summed E-state index contributed by atoms with van der Waals surface area (Å²) in [5, 5.41) is 0. The first-order valence-electron chi connectivity index (χ1n) is 3.47. The first kappa shape index (κ1) is 10.1. The summed E-state index contributed by atoms with van der Waals surface area (Å²) in [4.78, 5) is 2.49. The van der Waals surface area contributed by atoms with E-state index in [4.69, 9.17) is 0 Å². The third-order valence-electron chi connectivity index (χ3n) is 1.75. The molecule has 0 unspecified atom stereocenters. The van der Waals surface area contributed by atoms with Gasteiger partial charge in [0.25, 0.3) is 0 Å². The van der Waals surface area contributed by atoms with Crippen LogP contribution < -0.4 is 0 Å². The van der Waals surface area contributed by atoms with Gasteiger partial charge in [-0.05, 0) is 19.6 Å². The Morgan fingerprint density at radius 1 is 1.33 bits per heavy atom. The maximum Gasteiger partial charge on any atom is 0 e. The fraction of sp³-hybridized carbons (Fsp3) is 0.857. The van der Waals surface area contributed by atoms with Crippen molar-refractivity contribution in [2.75, 3.05) is 19.6 Å². The predicted molar refractivity (Wildman–Crippen MR) is 35.6 cm³/mol. The van der Waals surface area contributed by atoms with Crippen LogP contribution in [0.2, 0.25) is 0 Å². The fourth-order valence-electron chi connectivity index (χ4n) is 1.12. The van der Waals surface area contributed by atoms with E-state index < -0.39 is 0 Å². The Bertz CT molecular complexity index is 59.9. The molecule has 0 aromatic rings. The van der Waals surface area contributed by atoms with Gasteiger partial charge in [-0.25, -0.2) is 0 Å². The maximum atomic E-state index is 2.49. The molecule has 9 heavy (non-hydrogen) atoms. The topological polar surface area (TPSA) is 3.24 Å². The smallest absolute Gasteiger partial charge is 0 e. The Balaban J connectivity index is 0.000000640. The molecule has 1 aliphatic rings. The number of hydrogen-bond donors (Lipinski definition) is 0. The monoisotopic (exact) mass is 201 g/mol. The van der Waals surface area contributed by atoms with E-state index in [9.17, 15) is 0 Å². The number of piperidine rings is 1. The molecule has 1 aliphatic heterocycles. The van der Waals surface area contributed by atoms with Gasteiger partial charge in [0.15, 0.2) is 0 Å². The van der Waals surface area contributed by atoms with Crippen molar-refractivity contribution in [1.29, 1.82) is 0 Å². The molecule has 0 saturated carbocycles. The summed E-state index contributed by atoms with van der Waals surface area (Å²) >= 11 is 0. The summed E-state index contributed by atoms with van der Waals surface area (Å²) in [5.41, 5.74) is 0. The van der Waals surface area contributed by atoms with E-state index in [1.54, 1.807) is 0 Å². The van der Waals surface area contributed by atoms with Crippen LogP contribution >= 0.6 is 0 Å². The van der Waals surface area contributed by atoms with E-state index >= 15 is 0 Å². The number of likely N-dealkylation sites (tertiary alicyclic amines) is 1. The van der Waals surface area contributed by atoms with Crippen LogP contribution in [-0.2, 0) is 32.7 Å². The molecule has 0 spiro atoms. The second kappa shape index (κ2) is 5.82. The molecular formula is C7H14NY-. The molecule has 0 bridgehead atoms. The summed E-state index contributed by atoms with van der Waals surface area (Å²) in [7, 11) is 0. The van der Waals surface area contributed by atoms with Gasteiger partial charge in [-0.2, -0.15) is 12.8 Å². The standard InChI is InChI=1S/C7H14N.Y/c1-2-8-6-4-3-5-7-8;/h3H,2,4-7H2,1H3;/q-1;. The summed E-state index contributed by atoms with van der Waals surface area (Å²) in [6, 6.07) is 0. The molecule has 0 N–H and O–H groups in total. The summed E-state index contributed by atoms with van der Waals surface area (Å²) in [6.45, 7) is 6.03. The van der Waals surface area contributed by atoms with Crippen molar-refractivity contribution < 1.29 is 32.7 Å². The zero-order chi connectivity index (χ0) is 5.82. The fourth-order valence-corrected chi connectivity index (χ4v) is 1.12. The number of hydrogen-bond acceptors (Lipinski definition) is 1. The normalized spacial score (nSPS) is 21.0. The summed E-state index contributed by atoms with van der Waals surface area (Å²) in [5.74, 6) is 0. The maximum absolute atomic E-state index is 2.49. The Morgan fingerprint density at radius 3 is 2.22 bits per heavy atom. The van der Waals surface area contributed by atoms with Crippen LogP contribution in [0.5, 0.6) is 0 Å². The van der Waals surface area contributed by atoms with Crippen LogP contribution in [0.1, 0.15) is 19.8 Å². The van der Waals surface area contributed by atoms with E-state index in [0.717, 1.165) is 0 Å². The number of rotatable bonds is 1. The van der Waals surface area contributed by atoms with Crippen LogP contribution in [0.25, 0.3) is 0 Å². The van der Waals surface area contributed by atoms with Gasteiger partial charge in [0, 0.05) is 32.7 Å². The number of nitrogens with zero attached hydrogens (tertiary/aromatic N) is 1. The van der Waals surface area contributed by atoms with Crippen LogP contribution in [0.15, 0.2) is 0 Å². The molecule has 2 heteroatoms. The summed E-state index contributed by atoms with van der Waals surface area (Å²) in [6.07, 6.45) is 4.98. The van der Waals surface area contributed by atoms with Gasteiger partial charge in [-0.1, -0.05) is 6.92 Å². The van der Waals surface area contributed by atoms with E-state index in [-0.39, 0.29) is 32.7 Å². The SMILES string of the molecule is CCN1CC[CH-]CC1.[Y]. The molecule has 1 fully saturated rings. The molecule has 1 saturated heterocycles. The molecule has 0 aromatic carbocycles. The van der Waals surface area contributed by atoms with Gasteiger partial charge >= 0.3 is 0 Å². The average Bonchev–Trinajstić information content (AvgIpc) is 1.90. The van der Waals surface area contributed by atoms with Gasteiger partial charge < -0.3 is 11.3 Å². The van der Waals surface area contributed by atoms with Crippen molar-refractivity contribution in [3.05, 3.63) is 6.42 Å². The third kappa shape index (κ3) is 3.69. The molecule has 1 heterocycles. The van der Waals surface area contributed by atoms with Crippen molar-refractivity contribution in [3.8, 4) is 0 Å². The molecular weight excluding hydrogens is 187 g/mol. The second-order valence-corrected chi connectivity index (χ2v) is 2.30. The van der Waals surface area contributed by atoms with Gasteiger partial charge in [0.1, 0.15) is 0 Å². The molecule has 0 aromatic heterocycles. The van der Waals surface area contributed by atoms with E-state index in [0.29, 0.717) is 0 Å². The van der Waals surface area contributed by atoms with Crippen LogP contribution in [0.3, 0.4) is 0 Å². The zero-order valence-electron chi connectivity index (χ0n) is 6.14. The van der Waals surface area contributed by atoms with Crippen LogP contribution in [0, 0.1) is 6.42 Å². The zero-order valence-corrected chi connectivity index (χ0v) is 8.98. The molecule has 1 rings (SSSR count). The Labute approximate surface area is 83.1 Å². The second-order valence-electron chi connectivity index (χ2n) is 2.30. The first-order chi connectivity index (χ1) is 3.93. The van der Waals surface area contributed by atoms with Crippen molar-refractivity contribution in [1.82, 2.24) is 4.90 Å². The first-order valence-corrected chi connectivity index (χ1v) is 3.47. The van der Waals surface area contributed by atoms with Crippen molar-refractivity contribution in [3.63, 3.8) is 0 Å². The Morgan fingerprint density at radius 2 is 1.89 bits per heavy atom. The molecule has 1 nitrogen and oxygen atoms in total. The van der Waals surface area contributed by atoms with E-state index in [2.05, 4.69) is 18.2 Å². The molecule has 0 aliphatic carbocycles. The largest absolute Gasteiger partial charge is 0.326 e. The van der Waals surface area contributed by atoms with Gasteiger partial charge in [-0.15, -0.1) is 0 Å². The van der Waals surface area contributed by atoms with Gasteiger partial charge in [0.05, 0.1) is 0 Å². The summed E-state index contributed by atoms with van der Waals surface area (Å²) < 4.78 is 0. The minimum absolute atomic E-state index is 0. The van der Waals surface area contributed by atoms with Gasteiger partial charge in [-0.3, -0.25) is 0 Å². The Hall–Kier alpha value is 1.06. The van der Waals surface area contributed by atoms with Crippen molar-refractivity contribution >= 4 is 0 Å². The van der Waals surface area contributed by atoms with E-state index in [1.165, 1.54) is 32.5 Å². The molecule has 51 valence electrons. The van der Waals surface area contributed by atoms with Crippen LogP contribution in [0.4, 0.5) is 0 Å². The van der Waals surface area contributed by atoms with Crippen molar-refractivity contribution in [2.45, 2.75) is 19.8 Å². The van der Waals surface area contributed by atoms with Gasteiger partial charge in [0.2, 0.25) is 0 Å². The average molecular weight is 201 g/mol. The van der Waals surface area contributed by atoms with Crippen LogP contribution in [-0.4, -0.2) is 24.5 Å². The molecule has 0 amide bonds. The quantitative estimate of drug-likeness (QED) is 0.578. The Kier molecular flexibility index (Phi) is 6.51. The third-order valence-corrected chi connectivity index (χ3v) is 1.75. The molecule has 0 atom stereocenters. The minimum Gasteiger partial charge on any atom is -0.326 e. The minimum atomic E-state index is 0. The molecule has 1 radical (unpaired) electrons. The van der Waals surface area contributed by atoms with Crippen molar-refractivity contribution in [2.24, 2.45) is 0 Å².